The molecule has 1 amide bonds. The van der Waals surface area contributed by atoms with Crippen molar-refractivity contribution < 1.29 is 9.53 Å². The van der Waals surface area contributed by atoms with Crippen LogP contribution in [0.2, 0.25) is 0 Å². The number of benzene rings is 1. The maximum absolute atomic E-state index is 12.5. The number of hydrogen-bond donors (Lipinski definition) is 3. The van der Waals surface area contributed by atoms with E-state index in [1.807, 2.05) is 35.1 Å². The van der Waals surface area contributed by atoms with E-state index >= 15 is 0 Å². The number of H-pyrrole nitrogens is 1. The summed E-state index contributed by atoms with van der Waals surface area (Å²) in [5.41, 5.74) is 1.10. The molecular weight excluding hydrogens is 346 g/mol. The molecule has 1 unspecified atom stereocenters. The average Bonchev–Trinajstić information content (AvgIpc) is 3.38. The van der Waals surface area contributed by atoms with Gasteiger partial charge in [0, 0.05) is 12.7 Å². The van der Waals surface area contributed by atoms with Gasteiger partial charge in [-0.3, -0.25) is 19.9 Å². The number of hydrogen-bond acceptors (Lipinski definition) is 6. The summed E-state index contributed by atoms with van der Waals surface area (Å²) >= 11 is 0. The fraction of sp³-hybridized carbons (Fsp3) is 0.333. The molecule has 0 bridgehead atoms. The molecule has 0 spiro atoms. The van der Waals surface area contributed by atoms with Crippen molar-refractivity contribution in [1.29, 1.82) is 0 Å². The van der Waals surface area contributed by atoms with Gasteiger partial charge in [-0.05, 0) is 37.6 Å². The number of piperidine rings is 1. The molecule has 27 heavy (non-hydrogen) atoms. The van der Waals surface area contributed by atoms with E-state index in [0.29, 0.717) is 17.3 Å². The Bertz CT molecular complexity index is 927. The number of carbonyl (C=O) groups excluding carboxylic acids is 1. The van der Waals surface area contributed by atoms with Crippen molar-refractivity contribution in [3.63, 3.8) is 0 Å². The summed E-state index contributed by atoms with van der Waals surface area (Å²) in [6, 6.07) is 9.44. The lowest BCUT2D eigenvalue weighted by Crippen LogP contribution is -2.32. The molecular formula is C18H21N7O2. The first-order valence-electron chi connectivity index (χ1n) is 8.87. The molecule has 2 aromatic heterocycles. The second-order valence-electron chi connectivity index (χ2n) is 6.34. The fourth-order valence-electron chi connectivity index (χ4n) is 3.17. The van der Waals surface area contributed by atoms with Crippen molar-refractivity contribution in [2.45, 2.75) is 18.9 Å². The summed E-state index contributed by atoms with van der Waals surface area (Å²) < 4.78 is 7.17. The minimum Gasteiger partial charge on any atom is -0.496 e. The highest BCUT2D eigenvalue weighted by Crippen LogP contribution is 2.27. The third kappa shape index (κ3) is 3.68. The Kier molecular flexibility index (Phi) is 4.84. The monoisotopic (exact) mass is 367 g/mol. The minimum atomic E-state index is -0.344. The maximum Gasteiger partial charge on any atom is 0.278 e. The smallest absolute Gasteiger partial charge is 0.278 e. The van der Waals surface area contributed by atoms with Crippen molar-refractivity contribution in [2.75, 3.05) is 25.5 Å². The number of rotatable bonds is 5. The summed E-state index contributed by atoms with van der Waals surface area (Å²) in [7, 11) is 1.59. The number of methoxy groups -OCH3 is 1. The highest BCUT2D eigenvalue weighted by molar-refractivity contribution is 6.01. The van der Waals surface area contributed by atoms with Gasteiger partial charge in [-0.1, -0.05) is 12.1 Å². The first-order valence-corrected chi connectivity index (χ1v) is 8.87. The van der Waals surface area contributed by atoms with E-state index in [2.05, 4.69) is 30.9 Å². The predicted octanol–water partition coefficient (Wildman–Crippen LogP) is 1.85. The molecule has 140 valence electrons. The lowest BCUT2D eigenvalue weighted by molar-refractivity contribution is 0.102. The van der Waals surface area contributed by atoms with E-state index in [-0.39, 0.29) is 17.9 Å². The molecule has 0 aliphatic carbocycles. The van der Waals surface area contributed by atoms with Crippen LogP contribution in [0.5, 0.6) is 5.75 Å². The van der Waals surface area contributed by atoms with Gasteiger partial charge in [-0.25, -0.2) is 0 Å². The molecule has 3 N–H and O–H groups in total. The number of anilines is 1. The second-order valence-corrected chi connectivity index (χ2v) is 6.34. The van der Waals surface area contributed by atoms with Gasteiger partial charge >= 0.3 is 0 Å². The third-order valence-corrected chi connectivity index (χ3v) is 4.56. The SMILES string of the molecule is COc1ccccc1-c1nc(NC(=O)c2ccn(C3CCCNC3)n2)n[nH]1. The van der Waals surface area contributed by atoms with E-state index in [0.717, 1.165) is 31.5 Å². The lowest BCUT2D eigenvalue weighted by atomic mass is 10.1. The number of nitrogens with zero attached hydrogens (tertiary/aromatic N) is 4. The normalized spacial score (nSPS) is 16.9. The number of aromatic amines is 1. The zero-order valence-corrected chi connectivity index (χ0v) is 15.0. The third-order valence-electron chi connectivity index (χ3n) is 4.56. The Morgan fingerprint density at radius 1 is 1.33 bits per heavy atom. The van der Waals surface area contributed by atoms with Crippen LogP contribution in [0.3, 0.4) is 0 Å². The molecule has 1 aromatic carbocycles. The Labute approximate surface area is 156 Å². The van der Waals surface area contributed by atoms with Crippen LogP contribution >= 0.6 is 0 Å². The molecule has 0 saturated carbocycles. The van der Waals surface area contributed by atoms with Gasteiger partial charge < -0.3 is 10.1 Å². The van der Waals surface area contributed by atoms with Crippen LogP contribution in [0.4, 0.5) is 5.95 Å². The van der Waals surface area contributed by atoms with Crippen molar-refractivity contribution in [1.82, 2.24) is 30.3 Å². The van der Waals surface area contributed by atoms with Gasteiger partial charge in [0.25, 0.3) is 5.91 Å². The number of aromatic nitrogens is 5. The van der Waals surface area contributed by atoms with Crippen molar-refractivity contribution in [3.05, 3.63) is 42.2 Å². The van der Waals surface area contributed by atoms with Crippen LogP contribution in [-0.2, 0) is 0 Å². The molecule has 4 rings (SSSR count). The molecule has 1 saturated heterocycles. The van der Waals surface area contributed by atoms with E-state index in [1.165, 1.54) is 0 Å². The molecule has 3 heterocycles. The molecule has 9 heteroatoms. The standard InChI is InChI=1S/C18H21N7O2/c1-27-15-7-3-2-6-13(15)16-20-18(23-22-16)21-17(26)14-8-10-25(24-14)12-5-4-9-19-11-12/h2-3,6-8,10,12,19H,4-5,9,11H2,1H3,(H2,20,21,22,23,26). The second kappa shape index (κ2) is 7.58. The highest BCUT2D eigenvalue weighted by atomic mass is 16.5. The first-order chi connectivity index (χ1) is 13.2. The van der Waals surface area contributed by atoms with E-state index in [1.54, 1.807) is 13.2 Å². The van der Waals surface area contributed by atoms with Crippen LogP contribution in [0.1, 0.15) is 29.4 Å². The first kappa shape index (κ1) is 17.2. The molecule has 1 aliphatic heterocycles. The number of carbonyl (C=O) groups is 1. The molecule has 3 aromatic rings. The molecule has 0 radical (unpaired) electrons. The number of ether oxygens (including phenoxy) is 1. The Hall–Kier alpha value is -3.20. The predicted molar refractivity (Wildman–Crippen MR) is 99.7 cm³/mol. The van der Waals surface area contributed by atoms with Crippen molar-refractivity contribution >= 4 is 11.9 Å². The summed E-state index contributed by atoms with van der Waals surface area (Å²) in [5.74, 6) is 1.03. The number of para-hydroxylation sites is 1. The van der Waals surface area contributed by atoms with Crippen LogP contribution in [0.25, 0.3) is 11.4 Å². The molecule has 1 aliphatic rings. The maximum atomic E-state index is 12.5. The van der Waals surface area contributed by atoms with Gasteiger partial charge in [0.15, 0.2) is 11.5 Å². The number of amides is 1. The largest absolute Gasteiger partial charge is 0.496 e. The van der Waals surface area contributed by atoms with E-state index < -0.39 is 0 Å². The molecule has 1 fully saturated rings. The topological polar surface area (TPSA) is 110 Å². The van der Waals surface area contributed by atoms with Crippen molar-refractivity contribution in [2.24, 2.45) is 0 Å². The summed E-state index contributed by atoms with van der Waals surface area (Å²) in [6.07, 6.45) is 4.00. The zero-order valence-electron chi connectivity index (χ0n) is 15.0. The fourth-order valence-corrected chi connectivity index (χ4v) is 3.17. The van der Waals surface area contributed by atoms with Crippen LogP contribution in [0.15, 0.2) is 36.5 Å². The Morgan fingerprint density at radius 2 is 2.22 bits per heavy atom. The van der Waals surface area contributed by atoms with Gasteiger partial charge in [-0.2, -0.15) is 10.1 Å². The van der Waals surface area contributed by atoms with Gasteiger partial charge in [0.05, 0.1) is 18.7 Å². The molecule has 1 atom stereocenters. The average molecular weight is 367 g/mol. The zero-order chi connectivity index (χ0) is 18.6. The summed E-state index contributed by atoms with van der Waals surface area (Å²) in [4.78, 5) is 16.8. The van der Waals surface area contributed by atoms with Crippen LogP contribution in [-0.4, -0.2) is 51.1 Å². The molecule has 9 nitrogen and oxygen atoms in total. The van der Waals surface area contributed by atoms with E-state index in [9.17, 15) is 4.79 Å². The summed E-state index contributed by atoms with van der Waals surface area (Å²) in [6.45, 7) is 1.90. The highest BCUT2D eigenvalue weighted by Gasteiger charge is 2.19. The van der Waals surface area contributed by atoms with Crippen molar-refractivity contribution in [3.8, 4) is 17.1 Å². The summed E-state index contributed by atoms with van der Waals surface area (Å²) in [5, 5.41) is 17.3. The van der Waals surface area contributed by atoms with Crippen LogP contribution < -0.4 is 15.4 Å². The quantitative estimate of drug-likeness (QED) is 0.635. The Balaban J connectivity index is 1.46. The van der Waals surface area contributed by atoms with Gasteiger partial charge in [-0.15, -0.1) is 5.10 Å². The van der Waals surface area contributed by atoms with Gasteiger partial charge in [0.1, 0.15) is 5.75 Å². The Morgan fingerprint density at radius 3 is 3.04 bits per heavy atom. The van der Waals surface area contributed by atoms with Crippen LogP contribution in [0, 0.1) is 0 Å². The number of nitrogens with one attached hydrogen (secondary N) is 3. The van der Waals surface area contributed by atoms with Gasteiger partial charge in [0.2, 0.25) is 5.95 Å². The minimum absolute atomic E-state index is 0.190. The van der Waals surface area contributed by atoms with E-state index in [4.69, 9.17) is 4.74 Å². The lowest BCUT2D eigenvalue weighted by Gasteiger charge is -2.22.